The number of carbonyl (C=O) groups excluding carboxylic acids is 1. The lowest BCUT2D eigenvalue weighted by Gasteiger charge is -2.19. The standard InChI is InChI=1S/C14H19NO3S/c1-4-9(2)13(14(17)18)15-12(16)6-5-11-10(3)7-8-19-11/h5-9,13H,4H2,1-3H3,(H,15,16)(H,17,18)/b6-5+/t9-,13-/m0/s1. The lowest BCUT2D eigenvalue weighted by molar-refractivity contribution is -0.142. The molecular weight excluding hydrogens is 262 g/mol. The minimum Gasteiger partial charge on any atom is -0.480 e. The molecule has 0 aliphatic rings. The Kier molecular flexibility index (Phi) is 5.76. The van der Waals surface area contributed by atoms with Crippen molar-refractivity contribution in [3.8, 4) is 0 Å². The monoisotopic (exact) mass is 281 g/mol. The Balaban J connectivity index is 2.66. The average molecular weight is 281 g/mol. The first kappa shape index (κ1) is 15.4. The molecule has 2 N–H and O–H groups in total. The van der Waals surface area contributed by atoms with Gasteiger partial charge >= 0.3 is 5.97 Å². The third kappa shape index (κ3) is 4.52. The Morgan fingerprint density at radius 3 is 2.68 bits per heavy atom. The second-order valence-electron chi connectivity index (χ2n) is 4.51. The fourth-order valence-electron chi connectivity index (χ4n) is 1.59. The largest absolute Gasteiger partial charge is 0.480 e. The predicted octanol–water partition coefficient (Wildman–Crippen LogP) is 2.69. The van der Waals surface area contributed by atoms with Gasteiger partial charge in [0.05, 0.1) is 0 Å². The van der Waals surface area contributed by atoms with Crippen molar-refractivity contribution in [3.63, 3.8) is 0 Å². The molecule has 0 saturated carbocycles. The van der Waals surface area contributed by atoms with Crippen LogP contribution in [0.2, 0.25) is 0 Å². The van der Waals surface area contributed by atoms with Gasteiger partial charge in [-0.05, 0) is 35.9 Å². The van der Waals surface area contributed by atoms with Gasteiger partial charge in [0.25, 0.3) is 0 Å². The third-order valence-corrected chi connectivity index (χ3v) is 4.05. The molecule has 104 valence electrons. The Labute approximate surface area is 117 Å². The van der Waals surface area contributed by atoms with Crippen LogP contribution in [0.3, 0.4) is 0 Å². The van der Waals surface area contributed by atoms with E-state index in [1.165, 1.54) is 6.08 Å². The van der Waals surface area contributed by atoms with E-state index in [0.29, 0.717) is 6.42 Å². The SMILES string of the molecule is CC[C@H](C)[C@H](NC(=O)/C=C/c1sccc1C)C(=O)O. The normalized spacial score (nSPS) is 14.3. The Bertz CT molecular complexity index is 479. The highest BCUT2D eigenvalue weighted by Gasteiger charge is 2.24. The Hall–Kier alpha value is -1.62. The highest BCUT2D eigenvalue weighted by atomic mass is 32.1. The van der Waals surface area contributed by atoms with Gasteiger partial charge in [0, 0.05) is 11.0 Å². The molecule has 19 heavy (non-hydrogen) atoms. The van der Waals surface area contributed by atoms with Crippen LogP contribution in [0.15, 0.2) is 17.5 Å². The summed E-state index contributed by atoms with van der Waals surface area (Å²) in [6.45, 7) is 5.68. The summed E-state index contributed by atoms with van der Waals surface area (Å²) in [5.41, 5.74) is 1.10. The van der Waals surface area contributed by atoms with E-state index >= 15 is 0 Å². The van der Waals surface area contributed by atoms with Gasteiger partial charge in [-0.25, -0.2) is 4.79 Å². The first-order valence-corrected chi connectivity index (χ1v) is 7.09. The summed E-state index contributed by atoms with van der Waals surface area (Å²) >= 11 is 1.54. The Morgan fingerprint density at radius 1 is 1.53 bits per heavy atom. The number of carboxylic acid groups (broad SMARTS) is 1. The number of rotatable bonds is 6. The molecule has 0 unspecified atom stereocenters. The summed E-state index contributed by atoms with van der Waals surface area (Å²) in [6, 6.07) is 1.13. The summed E-state index contributed by atoms with van der Waals surface area (Å²) in [5, 5.41) is 13.6. The van der Waals surface area contributed by atoms with E-state index in [1.807, 2.05) is 32.2 Å². The zero-order valence-electron chi connectivity index (χ0n) is 11.3. The number of aryl methyl sites for hydroxylation is 1. The van der Waals surface area contributed by atoms with Gasteiger partial charge < -0.3 is 10.4 Å². The average Bonchev–Trinajstić information content (AvgIpc) is 2.77. The van der Waals surface area contributed by atoms with Gasteiger partial charge in [-0.3, -0.25) is 4.79 Å². The molecule has 1 aromatic heterocycles. The predicted molar refractivity (Wildman–Crippen MR) is 77.1 cm³/mol. The maximum absolute atomic E-state index is 11.7. The van der Waals surface area contributed by atoms with Gasteiger partial charge in [0.2, 0.25) is 5.91 Å². The molecule has 0 saturated heterocycles. The molecule has 0 bridgehead atoms. The minimum absolute atomic E-state index is 0.0988. The van der Waals surface area contributed by atoms with Crippen LogP contribution in [0.4, 0.5) is 0 Å². The topological polar surface area (TPSA) is 66.4 Å². The fourth-order valence-corrected chi connectivity index (χ4v) is 2.41. The second-order valence-corrected chi connectivity index (χ2v) is 5.46. The number of carboxylic acids is 1. The number of thiophene rings is 1. The van der Waals surface area contributed by atoms with E-state index in [0.717, 1.165) is 10.4 Å². The maximum atomic E-state index is 11.7. The minimum atomic E-state index is -0.997. The molecule has 0 radical (unpaired) electrons. The van der Waals surface area contributed by atoms with Crippen molar-refractivity contribution in [1.29, 1.82) is 0 Å². The van der Waals surface area contributed by atoms with E-state index in [-0.39, 0.29) is 11.8 Å². The Morgan fingerprint density at radius 2 is 2.21 bits per heavy atom. The van der Waals surface area contributed by atoms with Crippen molar-refractivity contribution in [2.24, 2.45) is 5.92 Å². The summed E-state index contributed by atoms with van der Waals surface area (Å²) < 4.78 is 0. The van der Waals surface area contributed by atoms with Crippen molar-refractivity contribution < 1.29 is 14.7 Å². The van der Waals surface area contributed by atoms with Crippen molar-refractivity contribution in [2.45, 2.75) is 33.2 Å². The zero-order chi connectivity index (χ0) is 14.4. The summed E-state index contributed by atoms with van der Waals surface area (Å²) in [5.74, 6) is -1.47. The van der Waals surface area contributed by atoms with E-state index in [2.05, 4.69) is 5.32 Å². The van der Waals surface area contributed by atoms with Crippen LogP contribution in [0, 0.1) is 12.8 Å². The number of hydrogen-bond donors (Lipinski definition) is 2. The van der Waals surface area contributed by atoms with Crippen LogP contribution in [0.25, 0.3) is 6.08 Å². The van der Waals surface area contributed by atoms with Crippen LogP contribution < -0.4 is 5.32 Å². The fraction of sp³-hybridized carbons (Fsp3) is 0.429. The van der Waals surface area contributed by atoms with Crippen LogP contribution in [0.5, 0.6) is 0 Å². The van der Waals surface area contributed by atoms with E-state index < -0.39 is 12.0 Å². The lowest BCUT2D eigenvalue weighted by atomic mass is 9.99. The molecule has 5 heteroatoms. The summed E-state index contributed by atoms with van der Waals surface area (Å²) in [4.78, 5) is 23.8. The van der Waals surface area contributed by atoms with Gasteiger partial charge in [0.1, 0.15) is 6.04 Å². The molecule has 1 aromatic rings. The zero-order valence-corrected chi connectivity index (χ0v) is 12.2. The van der Waals surface area contributed by atoms with Crippen LogP contribution in [-0.2, 0) is 9.59 Å². The number of nitrogens with one attached hydrogen (secondary N) is 1. The van der Waals surface area contributed by atoms with E-state index in [9.17, 15) is 9.59 Å². The first-order valence-electron chi connectivity index (χ1n) is 6.21. The van der Waals surface area contributed by atoms with Gasteiger partial charge in [-0.1, -0.05) is 20.3 Å². The molecule has 0 spiro atoms. The number of amides is 1. The molecule has 1 heterocycles. The molecule has 1 amide bonds. The highest BCUT2D eigenvalue weighted by Crippen LogP contribution is 2.17. The van der Waals surface area contributed by atoms with E-state index in [1.54, 1.807) is 17.4 Å². The quantitative estimate of drug-likeness (QED) is 0.788. The van der Waals surface area contributed by atoms with Gasteiger partial charge in [-0.15, -0.1) is 11.3 Å². The van der Waals surface area contributed by atoms with Gasteiger partial charge in [-0.2, -0.15) is 0 Å². The molecule has 0 aliphatic heterocycles. The van der Waals surface area contributed by atoms with Crippen molar-refractivity contribution in [3.05, 3.63) is 28.0 Å². The number of carbonyl (C=O) groups is 2. The smallest absolute Gasteiger partial charge is 0.326 e. The van der Waals surface area contributed by atoms with Crippen molar-refractivity contribution in [1.82, 2.24) is 5.32 Å². The van der Waals surface area contributed by atoms with Gasteiger partial charge in [0.15, 0.2) is 0 Å². The molecule has 0 aliphatic carbocycles. The maximum Gasteiger partial charge on any atom is 0.326 e. The summed E-state index contributed by atoms with van der Waals surface area (Å²) in [7, 11) is 0. The molecule has 4 nitrogen and oxygen atoms in total. The highest BCUT2D eigenvalue weighted by molar-refractivity contribution is 7.11. The molecule has 0 fully saturated rings. The second kappa shape index (κ2) is 7.09. The molecular formula is C14H19NO3S. The molecule has 2 atom stereocenters. The number of aliphatic carboxylic acids is 1. The summed E-state index contributed by atoms with van der Waals surface area (Å²) in [6.07, 6.45) is 3.80. The van der Waals surface area contributed by atoms with E-state index in [4.69, 9.17) is 5.11 Å². The third-order valence-electron chi connectivity index (χ3n) is 3.06. The van der Waals surface area contributed by atoms with Crippen LogP contribution in [-0.4, -0.2) is 23.0 Å². The molecule has 0 aromatic carbocycles. The first-order chi connectivity index (χ1) is 8.95. The lowest BCUT2D eigenvalue weighted by Crippen LogP contribution is -2.44. The van der Waals surface area contributed by atoms with Crippen LogP contribution >= 0.6 is 11.3 Å². The number of hydrogen-bond acceptors (Lipinski definition) is 3. The van der Waals surface area contributed by atoms with Crippen molar-refractivity contribution >= 4 is 29.3 Å². The van der Waals surface area contributed by atoms with Crippen LogP contribution in [0.1, 0.15) is 30.7 Å². The van der Waals surface area contributed by atoms with Crippen molar-refractivity contribution in [2.75, 3.05) is 0 Å². The molecule has 1 rings (SSSR count).